The Balaban J connectivity index is 1.56. The lowest BCUT2D eigenvalue weighted by Gasteiger charge is -2.07. The average Bonchev–Trinajstić information content (AvgIpc) is 2.99. The second kappa shape index (κ2) is 7.04. The number of carbonyl (C=O) groups is 2. The first-order valence-corrected chi connectivity index (χ1v) is 7.67. The zero-order valence-electron chi connectivity index (χ0n) is 13.2. The van der Waals surface area contributed by atoms with Gasteiger partial charge < -0.3 is 20.7 Å². The summed E-state index contributed by atoms with van der Waals surface area (Å²) in [6.07, 6.45) is 2.19. The van der Waals surface area contributed by atoms with Gasteiger partial charge >= 0.3 is 11.8 Å². The molecule has 1 aromatic heterocycles. The number of hydrogen-bond donors (Lipinski definition) is 4. The molecule has 0 aliphatic carbocycles. The van der Waals surface area contributed by atoms with Crippen molar-refractivity contribution in [3.63, 3.8) is 0 Å². The molecule has 3 rings (SSSR count). The Morgan fingerprint density at radius 1 is 1.12 bits per heavy atom. The van der Waals surface area contributed by atoms with Gasteiger partial charge in [-0.2, -0.15) is 0 Å². The van der Waals surface area contributed by atoms with Crippen LogP contribution in [0, 0.1) is 5.82 Å². The SMILES string of the molecule is O=C(NCCc1c[nH]c2ccc(F)cc12)C(=O)Nc1ccccc1O. The van der Waals surface area contributed by atoms with Gasteiger partial charge in [0.2, 0.25) is 0 Å². The first-order valence-electron chi connectivity index (χ1n) is 7.67. The maximum atomic E-state index is 13.3. The number of benzene rings is 2. The van der Waals surface area contributed by atoms with E-state index in [0.29, 0.717) is 6.42 Å². The van der Waals surface area contributed by atoms with E-state index in [9.17, 15) is 19.1 Å². The van der Waals surface area contributed by atoms with E-state index in [1.54, 1.807) is 24.4 Å². The van der Waals surface area contributed by atoms with Crippen molar-refractivity contribution < 1.29 is 19.1 Å². The number of phenolic OH excluding ortho intramolecular Hbond substituents is 1. The third kappa shape index (κ3) is 3.77. The molecule has 4 N–H and O–H groups in total. The Labute approximate surface area is 142 Å². The minimum Gasteiger partial charge on any atom is -0.506 e. The summed E-state index contributed by atoms with van der Waals surface area (Å²) in [5, 5.41) is 15.2. The van der Waals surface area contributed by atoms with Gasteiger partial charge in [-0.1, -0.05) is 12.1 Å². The number of anilines is 1. The molecule has 0 radical (unpaired) electrons. The van der Waals surface area contributed by atoms with Crippen molar-refractivity contribution >= 4 is 28.4 Å². The molecule has 0 aliphatic rings. The van der Waals surface area contributed by atoms with Gasteiger partial charge in [0.15, 0.2) is 0 Å². The molecule has 0 atom stereocenters. The quantitative estimate of drug-likeness (QED) is 0.433. The summed E-state index contributed by atoms with van der Waals surface area (Å²) in [7, 11) is 0. The molecule has 25 heavy (non-hydrogen) atoms. The van der Waals surface area contributed by atoms with Crippen LogP contribution >= 0.6 is 0 Å². The minimum atomic E-state index is -0.869. The van der Waals surface area contributed by atoms with Gasteiger partial charge in [0, 0.05) is 23.6 Å². The zero-order chi connectivity index (χ0) is 17.8. The number of amides is 2. The van der Waals surface area contributed by atoms with E-state index in [0.717, 1.165) is 16.5 Å². The highest BCUT2D eigenvalue weighted by Gasteiger charge is 2.15. The molecule has 0 aliphatic heterocycles. The average molecular weight is 341 g/mol. The van der Waals surface area contributed by atoms with Crippen LogP contribution in [0.1, 0.15) is 5.56 Å². The van der Waals surface area contributed by atoms with E-state index in [2.05, 4.69) is 15.6 Å². The number of carbonyl (C=O) groups excluding carboxylic acids is 2. The van der Waals surface area contributed by atoms with Crippen molar-refractivity contribution in [1.29, 1.82) is 0 Å². The summed E-state index contributed by atoms with van der Waals surface area (Å²) in [4.78, 5) is 26.7. The van der Waals surface area contributed by atoms with Gasteiger partial charge in [-0.05, 0) is 42.3 Å². The van der Waals surface area contributed by atoms with Crippen LogP contribution in [0.15, 0.2) is 48.7 Å². The molecular formula is C18H16FN3O3. The summed E-state index contributed by atoms with van der Waals surface area (Å²) in [5.74, 6) is -2.13. The van der Waals surface area contributed by atoms with Crippen molar-refractivity contribution in [2.75, 3.05) is 11.9 Å². The number of aromatic amines is 1. The summed E-state index contributed by atoms with van der Waals surface area (Å²) in [6.45, 7) is 0.219. The van der Waals surface area contributed by atoms with Crippen LogP contribution in [-0.4, -0.2) is 28.4 Å². The Bertz CT molecular complexity index is 936. The smallest absolute Gasteiger partial charge is 0.313 e. The van der Waals surface area contributed by atoms with Gasteiger partial charge in [0.25, 0.3) is 0 Å². The maximum absolute atomic E-state index is 13.3. The van der Waals surface area contributed by atoms with Crippen LogP contribution in [0.25, 0.3) is 10.9 Å². The summed E-state index contributed by atoms with van der Waals surface area (Å²) in [6, 6.07) is 10.6. The van der Waals surface area contributed by atoms with E-state index in [-0.39, 0.29) is 23.8 Å². The summed E-state index contributed by atoms with van der Waals surface area (Å²) >= 11 is 0. The van der Waals surface area contributed by atoms with Crippen molar-refractivity contribution in [2.24, 2.45) is 0 Å². The molecule has 0 unspecified atom stereocenters. The molecule has 3 aromatic rings. The summed E-state index contributed by atoms with van der Waals surface area (Å²) < 4.78 is 13.3. The highest BCUT2D eigenvalue weighted by molar-refractivity contribution is 6.39. The minimum absolute atomic E-state index is 0.121. The standard InChI is InChI=1S/C18H16FN3O3/c19-12-5-6-14-13(9-12)11(10-21-14)7-8-20-17(24)18(25)22-15-3-1-2-4-16(15)23/h1-6,9-10,21,23H,7-8H2,(H,20,24)(H,22,25). The number of nitrogens with one attached hydrogen (secondary N) is 3. The number of halogens is 1. The lowest BCUT2D eigenvalue weighted by molar-refractivity contribution is -0.136. The topological polar surface area (TPSA) is 94.2 Å². The van der Waals surface area contributed by atoms with Crippen LogP contribution in [0.2, 0.25) is 0 Å². The second-order valence-corrected chi connectivity index (χ2v) is 5.48. The molecule has 128 valence electrons. The van der Waals surface area contributed by atoms with Crippen LogP contribution in [0.3, 0.4) is 0 Å². The molecule has 1 heterocycles. The molecule has 0 bridgehead atoms. The lowest BCUT2D eigenvalue weighted by Crippen LogP contribution is -2.36. The number of phenols is 1. The highest BCUT2D eigenvalue weighted by Crippen LogP contribution is 2.21. The number of hydrogen-bond acceptors (Lipinski definition) is 3. The predicted octanol–water partition coefficient (Wildman–Crippen LogP) is 2.31. The monoisotopic (exact) mass is 341 g/mol. The Kier molecular flexibility index (Phi) is 4.65. The van der Waals surface area contributed by atoms with E-state index < -0.39 is 11.8 Å². The summed E-state index contributed by atoms with van der Waals surface area (Å²) in [5.41, 5.74) is 1.81. The molecule has 2 aromatic carbocycles. The van der Waals surface area contributed by atoms with Gasteiger partial charge in [-0.3, -0.25) is 9.59 Å². The fourth-order valence-electron chi connectivity index (χ4n) is 2.51. The van der Waals surface area contributed by atoms with Crippen molar-refractivity contribution in [1.82, 2.24) is 10.3 Å². The highest BCUT2D eigenvalue weighted by atomic mass is 19.1. The predicted molar refractivity (Wildman–Crippen MR) is 91.7 cm³/mol. The second-order valence-electron chi connectivity index (χ2n) is 5.48. The molecule has 7 heteroatoms. The van der Waals surface area contributed by atoms with Gasteiger partial charge in [-0.25, -0.2) is 4.39 Å². The van der Waals surface area contributed by atoms with Gasteiger partial charge in [0.1, 0.15) is 11.6 Å². The number of fused-ring (bicyclic) bond motifs is 1. The Morgan fingerprint density at radius 3 is 2.72 bits per heavy atom. The molecule has 6 nitrogen and oxygen atoms in total. The third-order valence-electron chi connectivity index (χ3n) is 3.77. The number of H-pyrrole nitrogens is 1. The number of aromatic nitrogens is 1. The molecule has 2 amide bonds. The first-order chi connectivity index (χ1) is 12.0. The first kappa shape index (κ1) is 16.5. The molecular weight excluding hydrogens is 325 g/mol. The van der Waals surface area contributed by atoms with E-state index in [4.69, 9.17) is 0 Å². The van der Waals surface area contributed by atoms with Gasteiger partial charge in [0.05, 0.1) is 5.69 Å². The lowest BCUT2D eigenvalue weighted by atomic mass is 10.1. The van der Waals surface area contributed by atoms with Crippen LogP contribution in [-0.2, 0) is 16.0 Å². The molecule has 0 spiro atoms. The van der Waals surface area contributed by atoms with E-state index in [1.165, 1.54) is 24.3 Å². The third-order valence-corrected chi connectivity index (χ3v) is 3.77. The molecule has 0 fully saturated rings. The Morgan fingerprint density at radius 2 is 1.92 bits per heavy atom. The number of aromatic hydroxyl groups is 1. The number of rotatable bonds is 4. The molecule has 0 saturated carbocycles. The van der Waals surface area contributed by atoms with Crippen molar-refractivity contribution in [3.05, 3.63) is 60.0 Å². The van der Waals surface area contributed by atoms with E-state index in [1.807, 2.05) is 0 Å². The van der Waals surface area contributed by atoms with Crippen LogP contribution in [0.4, 0.5) is 10.1 Å². The number of para-hydroxylation sites is 2. The fourth-order valence-corrected chi connectivity index (χ4v) is 2.51. The zero-order valence-corrected chi connectivity index (χ0v) is 13.2. The van der Waals surface area contributed by atoms with Crippen molar-refractivity contribution in [3.8, 4) is 5.75 Å². The van der Waals surface area contributed by atoms with E-state index >= 15 is 0 Å². The largest absolute Gasteiger partial charge is 0.506 e. The van der Waals surface area contributed by atoms with Gasteiger partial charge in [-0.15, -0.1) is 0 Å². The van der Waals surface area contributed by atoms with Crippen LogP contribution in [0.5, 0.6) is 5.75 Å². The fraction of sp³-hybridized carbons (Fsp3) is 0.111. The Hall–Kier alpha value is -3.35. The maximum Gasteiger partial charge on any atom is 0.313 e. The molecule has 0 saturated heterocycles. The normalized spacial score (nSPS) is 10.6. The van der Waals surface area contributed by atoms with Crippen LogP contribution < -0.4 is 10.6 Å². The van der Waals surface area contributed by atoms with Crippen molar-refractivity contribution in [2.45, 2.75) is 6.42 Å².